The first-order chi connectivity index (χ1) is 13.9. The molecule has 4 fully saturated rings. The Morgan fingerprint density at radius 2 is 1.69 bits per heavy atom. The molecule has 6 rings (SSSR count). The number of carbonyl (C=O) groups is 1. The molecule has 0 unspecified atom stereocenters. The van der Waals surface area contributed by atoms with Gasteiger partial charge in [0.2, 0.25) is 5.91 Å². The molecule has 1 heterocycles. The molecule has 0 aliphatic heterocycles. The maximum absolute atomic E-state index is 13.1. The van der Waals surface area contributed by atoms with E-state index in [1.807, 2.05) is 12.1 Å². The molecular formula is C24H28BrN3O. The predicted octanol–water partition coefficient (Wildman–Crippen LogP) is 5.52. The van der Waals surface area contributed by atoms with Gasteiger partial charge in [0.1, 0.15) is 0 Å². The number of rotatable bonds is 4. The highest BCUT2D eigenvalue weighted by Gasteiger charge is 2.54. The molecule has 1 amide bonds. The molecule has 4 nitrogen and oxygen atoms in total. The first kappa shape index (κ1) is 19.1. The van der Waals surface area contributed by atoms with Gasteiger partial charge in [-0.3, -0.25) is 4.79 Å². The van der Waals surface area contributed by atoms with Crippen molar-refractivity contribution in [1.29, 1.82) is 0 Å². The summed E-state index contributed by atoms with van der Waals surface area (Å²) < 4.78 is 3.28. The van der Waals surface area contributed by atoms with Gasteiger partial charge in [-0.1, -0.05) is 15.9 Å². The number of amides is 1. The Kier molecular flexibility index (Phi) is 4.69. The van der Waals surface area contributed by atoms with Crippen molar-refractivity contribution in [3.05, 3.63) is 51.8 Å². The van der Waals surface area contributed by atoms with Gasteiger partial charge < -0.3 is 4.57 Å². The smallest absolute Gasteiger partial charge is 0.246 e. The summed E-state index contributed by atoms with van der Waals surface area (Å²) in [5.74, 6) is 2.44. The third kappa shape index (κ3) is 3.37. The van der Waals surface area contributed by atoms with Crippen molar-refractivity contribution in [2.24, 2.45) is 28.3 Å². The quantitative estimate of drug-likeness (QED) is 0.480. The van der Waals surface area contributed by atoms with E-state index < -0.39 is 0 Å². The number of hydrogen-bond acceptors (Lipinski definition) is 2. The van der Waals surface area contributed by atoms with Crippen molar-refractivity contribution in [2.45, 2.75) is 52.4 Å². The SMILES string of the molecule is Cc1cc(/C=N\NC(=O)C23CC4CC(CC(C4)C2)C3)c(C)n1-c1ccc(Br)cc1. The van der Waals surface area contributed by atoms with Gasteiger partial charge in [0.25, 0.3) is 0 Å². The third-order valence-electron chi connectivity index (χ3n) is 7.44. The minimum Gasteiger partial charge on any atom is -0.318 e. The van der Waals surface area contributed by atoms with Crippen LogP contribution in [0.5, 0.6) is 0 Å². The van der Waals surface area contributed by atoms with E-state index in [0.717, 1.165) is 64.1 Å². The molecule has 4 saturated carbocycles. The molecule has 0 spiro atoms. The second-order valence-corrected chi connectivity index (χ2v) is 10.5. The summed E-state index contributed by atoms with van der Waals surface area (Å²) in [5.41, 5.74) is 7.19. The van der Waals surface area contributed by atoms with E-state index >= 15 is 0 Å². The van der Waals surface area contributed by atoms with E-state index in [1.54, 1.807) is 6.21 Å². The zero-order chi connectivity index (χ0) is 20.2. The monoisotopic (exact) mass is 453 g/mol. The number of nitrogens with one attached hydrogen (secondary N) is 1. The van der Waals surface area contributed by atoms with Gasteiger partial charge in [-0.15, -0.1) is 0 Å². The number of aromatic nitrogens is 1. The number of hydrogen-bond donors (Lipinski definition) is 1. The average molecular weight is 454 g/mol. The van der Waals surface area contributed by atoms with Crippen LogP contribution in [0.25, 0.3) is 5.69 Å². The molecule has 0 radical (unpaired) electrons. The maximum Gasteiger partial charge on any atom is 0.246 e. The van der Waals surface area contributed by atoms with Crippen LogP contribution in [0.4, 0.5) is 0 Å². The van der Waals surface area contributed by atoms with Crippen molar-refractivity contribution in [3.63, 3.8) is 0 Å². The largest absolute Gasteiger partial charge is 0.318 e. The van der Waals surface area contributed by atoms with Crippen LogP contribution in [0.15, 0.2) is 39.9 Å². The van der Waals surface area contributed by atoms with Crippen LogP contribution in [-0.2, 0) is 4.79 Å². The lowest BCUT2D eigenvalue weighted by Gasteiger charge is -2.55. The lowest BCUT2D eigenvalue weighted by Crippen LogP contribution is -2.52. The van der Waals surface area contributed by atoms with Crippen LogP contribution < -0.4 is 5.43 Å². The van der Waals surface area contributed by atoms with E-state index in [1.165, 1.54) is 19.3 Å². The number of nitrogens with zero attached hydrogens (tertiary/aromatic N) is 2. The standard InChI is InChI=1S/C24H28BrN3O/c1-15-7-20(16(2)28(15)22-5-3-21(25)4-6-22)14-26-27-23(29)24-11-17-8-18(12-24)10-19(9-17)13-24/h3-7,14,17-19H,8-13H2,1-2H3,(H,27,29)/b26-14-. The highest BCUT2D eigenvalue weighted by molar-refractivity contribution is 9.10. The zero-order valence-corrected chi connectivity index (χ0v) is 18.7. The molecule has 152 valence electrons. The van der Waals surface area contributed by atoms with Crippen LogP contribution in [0.1, 0.15) is 55.5 Å². The normalized spacial score (nSPS) is 30.2. The number of carbonyl (C=O) groups excluding carboxylic acids is 1. The molecule has 2 aromatic rings. The molecule has 29 heavy (non-hydrogen) atoms. The van der Waals surface area contributed by atoms with E-state index in [4.69, 9.17) is 0 Å². The summed E-state index contributed by atoms with van der Waals surface area (Å²) in [5, 5.41) is 4.38. The molecule has 1 aromatic carbocycles. The van der Waals surface area contributed by atoms with Crippen LogP contribution in [0, 0.1) is 37.0 Å². The Morgan fingerprint density at radius 3 is 2.28 bits per heavy atom. The molecular weight excluding hydrogens is 426 g/mol. The Bertz CT molecular complexity index is 937. The van der Waals surface area contributed by atoms with E-state index in [-0.39, 0.29) is 11.3 Å². The van der Waals surface area contributed by atoms with E-state index in [0.29, 0.717) is 0 Å². The average Bonchev–Trinajstić information content (AvgIpc) is 2.95. The lowest BCUT2D eigenvalue weighted by molar-refractivity contribution is -0.146. The zero-order valence-electron chi connectivity index (χ0n) is 17.1. The van der Waals surface area contributed by atoms with Gasteiger partial charge in [0.05, 0.1) is 11.6 Å². The van der Waals surface area contributed by atoms with Gasteiger partial charge in [0.15, 0.2) is 0 Å². The van der Waals surface area contributed by atoms with Gasteiger partial charge in [0, 0.05) is 27.1 Å². The summed E-state index contributed by atoms with van der Waals surface area (Å²) >= 11 is 3.49. The summed E-state index contributed by atoms with van der Waals surface area (Å²) in [6, 6.07) is 10.4. The summed E-state index contributed by atoms with van der Waals surface area (Å²) in [6.07, 6.45) is 9.04. The number of hydrazone groups is 1. The molecule has 0 atom stereocenters. The van der Waals surface area contributed by atoms with Crippen molar-refractivity contribution in [1.82, 2.24) is 9.99 Å². The lowest BCUT2D eigenvalue weighted by atomic mass is 9.49. The minimum atomic E-state index is -0.152. The molecule has 4 bridgehead atoms. The van der Waals surface area contributed by atoms with Gasteiger partial charge >= 0.3 is 0 Å². The fourth-order valence-corrected chi connectivity index (χ4v) is 6.84. The molecule has 1 aromatic heterocycles. The first-order valence-electron chi connectivity index (χ1n) is 10.7. The first-order valence-corrected chi connectivity index (χ1v) is 11.5. The second kappa shape index (κ2) is 7.12. The number of benzene rings is 1. The van der Waals surface area contributed by atoms with Crippen molar-refractivity contribution >= 4 is 28.1 Å². The number of aryl methyl sites for hydroxylation is 1. The molecule has 1 N–H and O–H groups in total. The predicted molar refractivity (Wildman–Crippen MR) is 119 cm³/mol. The van der Waals surface area contributed by atoms with Crippen LogP contribution >= 0.6 is 15.9 Å². The van der Waals surface area contributed by atoms with Crippen LogP contribution in [-0.4, -0.2) is 16.7 Å². The third-order valence-corrected chi connectivity index (χ3v) is 7.97. The summed E-state index contributed by atoms with van der Waals surface area (Å²) in [6.45, 7) is 4.19. The Labute approximate surface area is 180 Å². The topological polar surface area (TPSA) is 46.4 Å². The Hall–Kier alpha value is -1.88. The van der Waals surface area contributed by atoms with E-state index in [9.17, 15) is 4.79 Å². The molecule has 5 heteroatoms. The van der Waals surface area contributed by atoms with Gasteiger partial charge in [-0.25, -0.2) is 5.43 Å². The Balaban J connectivity index is 1.32. The van der Waals surface area contributed by atoms with Gasteiger partial charge in [-0.05, 0) is 100 Å². The minimum absolute atomic E-state index is 0.148. The number of halogens is 1. The fraction of sp³-hybridized carbons (Fsp3) is 0.500. The van der Waals surface area contributed by atoms with Crippen LogP contribution in [0.3, 0.4) is 0 Å². The maximum atomic E-state index is 13.1. The van der Waals surface area contributed by atoms with Crippen molar-refractivity contribution < 1.29 is 4.79 Å². The van der Waals surface area contributed by atoms with E-state index in [2.05, 4.69) is 63.1 Å². The fourth-order valence-electron chi connectivity index (χ4n) is 6.57. The molecule has 0 saturated heterocycles. The summed E-state index contributed by atoms with van der Waals surface area (Å²) in [4.78, 5) is 13.1. The molecule has 4 aliphatic carbocycles. The summed E-state index contributed by atoms with van der Waals surface area (Å²) in [7, 11) is 0. The highest BCUT2D eigenvalue weighted by atomic mass is 79.9. The highest BCUT2D eigenvalue weighted by Crippen LogP contribution is 2.60. The van der Waals surface area contributed by atoms with Gasteiger partial charge in [-0.2, -0.15) is 5.10 Å². The molecule has 4 aliphatic rings. The van der Waals surface area contributed by atoms with Crippen LogP contribution in [0.2, 0.25) is 0 Å². The van der Waals surface area contributed by atoms with Crippen molar-refractivity contribution in [3.8, 4) is 5.69 Å². The second-order valence-electron chi connectivity index (χ2n) is 9.54. The Morgan fingerprint density at radius 1 is 1.10 bits per heavy atom. The van der Waals surface area contributed by atoms with Crippen molar-refractivity contribution in [2.75, 3.05) is 0 Å².